The van der Waals surface area contributed by atoms with E-state index >= 15 is 0 Å². The molecule has 16 heteroatoms. The number of carbonyl (C=O) groups is 1. The first-order valence-electron chi connectivity index (χ1n) is 14.3. The number of guanidine groups is 1. The summed E-state index contributed by atoms with van der Waals surface area (Å²) < 4.78 is 96.6. The van der Waals surface area contributed by atoms with Crippen LogP contribution in [0.25, 0.3) is 0 Å². The van der Waals surface area contributed by atoms with Gasteiger partial charge in [-0.3, -0.25) is 20.0 Å². The number of hydrogen-bond donors (Lipinski definition) is 2. The summed E-state index contributed by atoms with van der Waals surface area (Å²) in [6.07, 6.45) is -7.47. The van der Waals surface area contributed by atoms with Gasteiger partial charge >= 0.3 is 12.4 Å². The Hall–Kier alpha value is -4.44. The van der Waals surface area contributed by atoms with Gasteiger partial charge in [0.15, 0.2) is 0 Å². The van der Waals surface area contributed by atoms with Crippen molar-refractivity contribution in [1.29, 1.82) is 0 Å². The Morgan fingerprint density at radius 2 is 1.72 bits per heavy atom. The molecule has 2 aliphatic rings. The lowest BCUT2D eigenvalue weighted by Gasteiger charge is -2.39. The molecule has 0 radical (unpaired) electrons. The van der Waals surface area contributed by atoms with Gasteiger partial charge in [-0.1, -0.05) is 19.1 Å². The van der Waals surface area contributed by atoms with Crippen molar-refractivity contribution < 1.29 is 35.5 Å². The largest absolute Gasteiger partial charge is 0.416 e. The Balaban J connectivity index is 1.49. The van der Waals surface area contributed by atoms with Crippen LogP contribution in [0.2, 0.25) is 0 Å². The molecule has 9 nitrogen and oxygen atoms in total. The molecule has 1 atom stereocenters. The topological polar surface area (TPSA) is 79.3 Å². The summed E-state index contributed by atoms with van der Waals surface area (Å²) in [4.78, 5) is 22.3. The van der Waals surface area contributed by atoms with E-state index in [2.05, 4.69) is 21.0 Å². The molecule has 5 rings (SSSR count). The fourth-order valence-electron chi connectivity index (χ4n) is 5.63. The van der Waals surface area contributed by atoms with Crippen LogP contribution >= 0.6 is 0 Å². The predicted molar refractivity (Wildman–Crippen MR) is 155 cm³/mol. The second kappa shape index (κ2) is 13.1. The quantitative estimate of drug-likeness (QED) is 0.321. The molecule has 0 bridgehead atoms. The molecule has 1 aromatic heterocycles. The van der Waals surface area contributed by atoms with E-state index in [-0.39, 0.29) is 42.6 Å². The lowest BCUT2D eigenvalue weighted by atomic mass is 9.93. The van der Waals surface area contributed by atoms with Gasteiger partial charge in [0.25, 0.3) is 0 Å². The van der Waals surface area contributed by atoms with Gasteiger partial charge in [-0.05, 0) is 65.6 Å². The number of alkyl halides is 6. The highest BCUT2D eigenvalue weighted by molar-refractivity contribution is 5.94. The van der Waals surface area contributed by atoms with Gasteiger partial charge in [-0.2, -0.15) is 26.3 Å². The monoisotopic (exact) mass is 652 g/mol. The third-order valence-corrected chi connectivity index (χ3v) is 7.73. The van der Waals surface area contributed by atoms with Crippen LogP contribution in [0, 0.1) is 5.82 Å². The molecule has 246 valence electrons. The molecule has 0 aliphatic carbocycles. The number of nitrogens with zero attached hydrogens (tertiary/aromatic N) is 6. The number of halogens is 7. The zero-order valence-electron chi connectivity index (χ0n) is 24.8. The number of aromatic nitrogens is 1. The average Bonchev–Trinajstić information content (AvgIpc) is 3.43. The smallest absolute Gasteiger partial charge is 0.332 e. The number of pyridine rings is 1. The molecule has 2 aliphatic heterocycles. The van der Waals surface area contributed by atoms with Crippen LogP contribution in [0.1, 0.15) is 47.2 Å². The number of carbonyl (C=O) groups excluding carboxylic acids is 1. The molecule has 1 fully saturated rings. The molecule has 0 spiro atoms. The van der Waals surface area contributed by atoms with Gasteiger partial charge < -0.3 is 4.90 Å². The lowest BCUT2D eigenvalue weighted by Crippen LogP contribution is -2.51. The normalized spacial score (nSPS) is 17.0. The van der Waals surface area contributed by atoms with E-state index in [1.165, 1.54) is 16.1 Å². The SMILES string of the molecule is CCC(c1ccc(C(F)(F)F)cc1CN(Cc1cc(F)cc(C(F)(F)F)c1)C1=NNN(C)N1)N1CCN(c2ccccn2)C(=O)C1. The minimum absolute atomic E-state index is 0.00819. The van der Waals surface area contributed by atoms with E-state index in [1.54, 1.807) is 36.3 Å². The Kier molecular flexibility index (Phi) is 9.39. The first-order chi connectivity index (χ1) is 21.7. The Morgan fingerprint density at radius 1 is 0.957 bits per heavy atom. The third-order valence-electron chi connectivity index (χ3n) is 7.73. The Labute approximate surface area is 260 Å². The summed E-state index contributed by atoms with van der Waals surface area (Å²) in [6, 6.07) is 10.2. The van der Waals surface area contributed by atoms with E-state index in [0.29, 0.717) is 37.0 Å². The number of rotatable bonds is 8. The number of amides is 1. The van der Waals surface area contributed by atoms with Gasteiger partial charge in [0.1, 0.15) is 11.6 Å². The molecule has 3 aromatic rings. The first-order valence-corrected chi connectivity index (χ1v) is 14.3. The van der Waals surface area contributed by atoms with Gasteiger partial charge in [0.2, 0.25) is 11.9 Å². The molecule has 1 saturated heterocycles. The lowest BCUT2D eigenvalue weighted by molar-refractivity contribution is -0.138. The van der Waals surface area contributed by atoms with E-state index in [0.717, 1.165) is 24.3 Å². The number of hydrazine groups is 2. The van der Waals surface area contributed by atoms with E-state index in [4.69, 9.17) is 0 Å². The number of benzene rings is 2. The van der Waals surface area contributed by atoms with Crippen LogP contribution < -0.4 is 15.9 Å². The Morgan fingerprint density at radius 3 is 2.33 bits per heavy atom. The van der Waals surface area contributed by atoms with Gasteiger partial charge in [-0.15, -0.1) is 10.2 Å². The molecule has 46 heavy (non-hydrogen) atoms. The van der Waals surface area contributed by atoms with Crippen molar-refractivity contribution in [2.45, 2.75) is 44.8 Å². The molecular formula is C30H31F7N8O. The zero-order chi connectivity index (χ0) is 33.2. The summed E-state index contributed by atoms with van der Waals surface area (Å²) >= 11 is 0. The second-order valence-corrected chi connectivity index (χ2v) is 10.9. The number of anilines is 1. The molecule has 3 heterocycles. The van der Waals surface area contributed by atoms with Crippen molar-refractivity contribution in [2.24, 2.45) is 5.10 Å². The van der Waals surface area contributed by atoms with Crippen LogP contribution in [0.5, 0.6) is 0 Å². The molecular weight excluding hydrogens is 621 g/mol. The first kappa shape index (κ1) is 32.9. The van der Waals surface area contributed by atoms with Crippen molar-refractivity contribution in [2.75, 3.05) is 31.6 Å². The van der Waals surface area contributed by atoms with Gasteiger partial charge in [-0.25, -0.2) is 14.9 Å². The minimum atomic E-state index is -4.81. The molecule has 1 amide bonds. The Bertz CT molecular complexity index is 1580. The van der Waals surface area contributed by atoms with Gasteiger partial charge in [0, 0.05) is 45.5 Å². The number of hydrogen-bond acceptors (Lipinski definition) is 8. The fourth-order valence-corrected chi connectivity index (χ4v) is 5.63. The number of nitrogens with one attached hydrogen (secondary N) is 2. The van der Waals surface area contributed by atoms with Crippen molar-refractivity contribution >= 4 is 17.7 Å². The summed E-state index contributed by atoms with van der Waals surface area (Å²) in [5.74, 6) is -0.735. The van der Waals surface area contributed by atoms with E-state index in [9.17, 15) is 35.5 Å². The van der Waals surface area contributed by atoms with Crippen LogP contribution in [-0.2, 0) is 30.2 Å². The summed E-state index contributed by atoms with van der Waals surface area (Å²) in [5.41, 5.74) is 4.00. The highest BCUT2D eigenvalue weighted by atomic mass is 19.4. The summed E-state index contributed by atoms with van der Waals surface area (Å²) in [7, 11) is 1.56. The molecule has 2 N–H and O–H groups in total. The van der Waals surface area contributed by atoms with Crippen LogP contribution in [0.4, 0.5) is 36.6 Å². The summed E-state index contributed by atoms with van der Waals surface area (Å²) in [5, 5.41) is 5.45. The average molecular weight is 653 g/mol. The second-order valence-electron chi connectivity index (χ2n) is 10.9. The predicted octanol–water partition coefficient (Wildman–Crippen LogP) is 5.29. The zero-order valence-corrected chi connectivity index (χ0v) is 24.8. The van der Waals surface area contributed by atoms with Gasteiger partial charge in [0.05, 0.1) is 17.7 Å². The molecule has 2 aromatic carbocycles. The van der Waals surface area contributed by atoms with Crippen molar-refractivity contribution in [3.8, 4) is 0 Å². The minimum Gasteiger partial charge on any atom is -0.332 e. The van der Waals surface area contributed by atoms with Crippen LogP contribution in [-0.4, -0.2) is 58.5 Å². The van der Waals surface area contributed by atoms with Crippen LogP contribution in [0.3, 0.4) is 0 Å². The maximum atomic E-state index is 14.3. The van der Waals surface area contributed by atoms with Crippen molar-refractivity contribution in [3.63, 3.8) is 0 Å². The number of hydrazone groups is 1. The highest BCUT2D eigenvalue weighted by Crippen LogP contribution is 2.36. The third kappa shape index (κ3) is 7.50. The summed E-state index contributed by atoms with van der Waals surface area (Å²) in [6.45, 7) is 2.01. The van der Waals surface area contributed by atoms with E-state index in [1.807, 2.05) is 11.8 Å². The maximum absolute atomic E-state index is 14.3. The fraction of sp³-hybridized carbons (Fsp3) is 0.367. The number of piperazine rings is 1. The highest BCUT2D eigenvalue weighted by Gasteiger charge is 2.36. The van der Waals surface area contributed by atoms with Crippen LogP contribution in [0.15, 0.2) is 65.9 Å². The molecule has 1 unspecified atom stereocenters. The van der Waals surface area contributed by atoms with E-state index < -0.39 is 35.3 Å². The van der Waals surface area contributed by atoms with Crippen molar-refractivity contribution in [1.82, 2.24) is 30.9 Å². The molecule has 0 saturated carbocycles. The maximum Gasteiger partial charge on any atom is 0.416 e. The standard InChI is InChI=1S/C30H31F7N8O/c1-3-25(43-10-11-45(27(46)18-43)26-6-4-5-9-38-26)24-8-7-21(29(32,33)34)14-20(24)17-44(28-39-41-42(2)40-28)16-19-12-22(30(35,36)37)15-23(31)13-19/h4-9,12-15,25,41H,3,10-11,16-18H2,1-2H3,(H,39,40). The van der Waals surface area contributed by atoms with Crippen molar-refractivity contribution in [3.05, 3.63) is 94.4 Å².